The minimum absolute atomic E-state index is 0.402. The molecule has 0 bridgehead atoms. The Kier molecular flexibility index (Phi) is 1.61. The van der Waals surface area contributed by atoms with Gasteiger partial charge in [-0.2, -0.15) is 0 Å². The number of hydrogen-bond acceptors (Lipinski definition) is 4. The van der Waals surface area contributed by atoms with Crippen LogP contribution in [0.3, 0.4) is 0 Å². The van der Waals surface area contributed by atoms with E-state index in [0.717, 1.165) is 19.2 Å². The number of hydrogen-bond donors (Lipinski definition) is 3. The Balaban J connectivity index is 1.81. The Hall–Kier alpha value is -0.160. The molecule has 1 saturated carbocycles. The Morgan fingerprint density at radius 3 is 3.25 bits per heavy atom. The Bertz CT molecular complexity index is 167. The highest BCUT2D eigenvalue weighted by molar-refractivity contribution is 5.00. The summed E-state index contributed by atoms with van der Waals surface area (Å²) >= 11 is 0. The lowest BCUT2D eigenvalue weighted by molar-refractivity contribution is 0.0451. The molecular weight excluding hydrogens is 154 g/mol. The molecule has 3 N–H and O–H groups in total. The summed E-state index contributed by atoms with van der Waals surface area (Å²) in [5.74, 6) is 0.783. The van der Waals surface area contributed by atoms with Crippen molar-refractivity contribution in [2.24, 2.45) is 5.92 Å². The molecule has 2 aliphatic heterocycles. The first-order valence-electron chi connectivity index (χ1n) is 4.78. The van der Waals surface area contributed by atoms with Crippen LogP contribution in [0.15, 0.2) is 0 Å². The van der Waals surface area contributed by atoms with Gasteiger partial charge < -0.3 is 4.74 Å². The fraction of sp³-hybridized carbons (Fsp3) is 1.00. The van der Waals surface area contributed by atoms with Gasteiger partial charge in [0.05, 0.1) is 18.9 Å². The van der Waals surface area contributed by atoms with Crippen LogP contribution in [0.5, 0.6) is 0 Å². The molecule has 3 rings (SSSR count). The smallest absolute Gasteiger partial charge is 0.0973 e. The van der Waals surface area contributed by atoms with E-state index in [0.29, 0.717) is 18.2 Å². The van der Waals surface area contributed by atoms with Gasteiger partial charge in [-0.25, -0.2) is 0 Å². The van der Waals surface area contributed by atoms with Crippen molar-refractivity contribution in [3.05, 3.63) is 0 Å². The van der Waals surface area contributed by atoms with E-state index >= 15 is 0 Å². The number of rotatable bonds is 0. The number of fused-ring (bicyclic) bond motifs is 3. The van der Waals surface area contributed by atoms with Crippen molar-refractivity contribution < 1.29 is 4.74 Å². The maximum atomic E-state index is 5.66. The molecule has 0 spiro atoms. The van der Waals surface area contributed by atoms with Crippen LogP contribution in [0, 0.1) is 5.92 Å². The highest BCUT2D eigenvalue weighted by Crippen LogP contribution is 2.30. The Morgan fingerprint density at radius 2 is 2.25 bits per heavy atom. The molecule has 2 saturated heterocycles. The first-order valence-corrected chi connectivity index (χ1v) is 4.78. The molecule has 0 radical (unpaired) electrons. The van der Waals surface area contributed by atoms with Crippen molar-refractivity contribution in [2.75, 3.05) is 13.3 Å². The van der Waals surface area contributed by atoms with Crippen LogP contribution < -0.4 is 16.2 Å². The summed E-state index contributed by atoms with van der Waals surface area (Å²) in [6.45, 7) is 1.84. The fourth-order valence-electron chi connectivity index (χ4n) is 2.68. The molecule has 4 nitrogen and oxygen atoms in total. The van der Waals surface area contributed by atoms with Gasteiger partial charge in [0.25, 0.3) is 0 Å². The zero-order valence-electron chi connectivity index (χ0n) is 7.05. The number of ether oxygens (including phenoxy) is 1. The van der Waals surface area contributed by atoms with Crippen molar-refractivity contribution in [1.29, 1.82) is 0 Å². The number of nitrogens with one attached hydrogen (secondary N) is 3. The molecule has 0 aromatic rings. The minimum atomic E-state index is 0.402. The van der Waals surface area contributed by atoms with Crippen molar-refractivity contribution in [3.63, 3.8) is 0 Å². The summed E-state index contributed by atoms with van der Waals surface area (Å²) in [4.78, 5) is 0. The third kappa shape index (κ3) is 0.925. The zero-order chi connectivity index (χ0) is 7.97. The van der Waals surface area contributed by atoms with E-state index < -0.39 is 0 Å². The Morgan fingerprint density at radius 1 is 1.25 bits per heavy atom. The summed E-state index contributed by atoms with van der Waals surface area (Å²) in [5.41, 5.74) is 6.53. The van der Waals surface area contributed by atoms with Crippen molar-refractivity contribution in [2.45, 2.75) is 31.0 Å². The minimum Gasteiger partial charge on any atom is -0.360 e. The molecular formula is C8H15N3O. The van der Waals surface area contributed by atoms with E-state index in [4.69, 9.17) is 4.74 Å². The predicted octanol–water partition coefficient (Wildman–Crippen LogP) is -0.813. The lowest BCUT2D eigenvalue weighted by atomic mass is 9.81. The van der Waals surface area contributed by atoms with Gasteiger partial charge in [-0.1, -0.05) is 0 Å². The maximum absolute atomic E-state index is 5.66. The molecule has 3 aliphatic rings. The molecule has 2 heterocycles. The highest BCUT2D eigenvalue weighted by Gasteiger charge is 2.44. The maximum Gasteiger partial charge on any atom is 0.0973 e. The lowest BCUT2D eigenvalue weighted by Gasteiger charge is -2.33. The Labute approximate surface area is 72.0 Å². The SMILES string of the molecule is C1NC2CCC3CNNC3C2O1. The van der Waals surface area contributed by atoms with Gasteiger partial charge in [0.2, 0.25) is 0 Å². The van der Waals surface area contributed by atoms with Gasteiger partial charge in [0, 0.05) is 12.6 Å². The van der Waals surface area contributed by atoms with Gasteiger partial charge in [-0.05, 0) is 18.8 Å². The molecule has 1 aliphatic carbocycles. The molecule has 12 heavy (non-hydrogen) atoms. The van der Waals surface area contributed by atoms with E-state index in [-0.39, 0.29) is 0 Å². The lowest BCUT2D eigenvalue weighted by Crippen LogP contribution is -2.51. The van der Waals surface area contributed by atoms with Crippen LogP contribution >= 0.6 is 0 Å². The van der Waals surface area contributed by atoms with Gasteiger partial charge in [-0.15, -0.1) is 0 Å². The van der Waals surface area contributed by atoms with Crippen LogP contribution in [0.1, 0.15) is 12.8 Å². The van der Waals surface area contributed by atoms with Crippen LogP contribution in [-0.2, 0) is 4.74 Å². The first-order chi connectivity index (χ1) is 5.95. The third-order valence-electron chi connectivity index (χ3n) is 3.36. The van der Waals surface area contributed by atoms with Crippen LogP contribution in [0.4, 0.5) is 0 Å². The second kappa shape index (κ2) is 2.67. The van der Waals surface area contributed by atoms with Gasteiger partial charge >= 0.3 is 0 Å². The standard InChI is InChI=1S/C8H15N3O/c1-2-6-8(12-4-9-6)7-5(1)3-10-11-7/h5-11H,1-4H2. The van der Waals surface area contributed by atoms with Crippen molar-refractivity contribution in [1.82, 2.24) is 16.2 Å². The molecule has 4 atom stereocenters. The molecule has 3 fully saturated rings. The second-order valence-electron chi connectivity index (χ2n) is 3.97. The molecule has 0 amide bonds. The first kappa shape index (κ1) is 7.26. The largest absolute Gasteiger partial charge is 0.360 e. The summed E-state index contributed by atoms with van der Waals surface area (Å²) < 4.78 is 5.66. The normalized spacial score (nSPS) is 52.0. The highest BCUT2D eigenvalue weighted by atomic mass is 16.5. The summed E-state index contributed by atoms with van der Waals surface area (Å²) in [6, 6.07) is 1.14. The average Bonchev–Trinajstić information content (AvgIpc) is 2.71. The molecule has 68 valence electrons. The monoisotopic (exact) mass is 169 g/mol. The van der Waals surface area contributed by atoms with Gasteiger partial charge in [-0.3, -0.25) is 16.2 Å². The van der Waals surface area contributed by atoms with Crippen molar-refractivity contribution in [3.8, 4) is 0 Å². The van der Waals surface area contributed by atoms with Crippen molar-refractivity contribution >= 4 is 0 Å². The van der Waals surface area contributed by atoms with E-state index in [1.807, 2.05) is 0 Å². The average molecular weight is 169 g/mol. The summed E-state index contributed by atoms with van der Waals surface area (Å²) in [7, 11) is 0. The van der Waals surface area contributed by atoms with E-state index in [1.165, 1.54) is 12.8 Å². The van der Waals surface area contributed by atoms with Gasteiger partial charge in [0.15, 0.2) is 0 Å². The van der Waals surface area contributed by atoms with Crippen LogP contribution in [-0.4, -0.2) is 31.5 Å². The predicted molar refractivity (Wildman–Crippen MR) is 44.3 cm³/mol. The molecule has 0 aromatic heterocycles. The quantitative estimate of drug-likeness (QED) is 0.444. The summed E-state index contributed by atoms with van der Waals surface area (Å²) in [6.07, 6.45) is 3.00. The zero-order valence-corrected chi connectivity index (χ0v) is 7.05. The molecule has 4 heteroatoms. The molecule has 4 unspecified atom stereocenters. The fourth-order valence-corrected chi connectivity index (χ4v) is 2.68. The molecule has 0 aromatic carbocycles. The van der Waals surface area contributed by atoms with E-state index in [9.17, 15) is 0 Å². The van der Waals surface area contributed by atoms with E-state index in [2.05, 4.69) is 16.2 Å². The summed E-state index contributed by atoms with van der Waals surface area (Å²) in [5, 5.41) is 3.38. The van der Waals surface area contributed by atoms with Gasteiger partial charge in [0.1, 0.15) is 0 Å². The topological polar surface area (TPSA) is 45.3 Å². The third-order valence-corrected chi connectivity index (χ3v) is 3.36. The van der Waals surface area contributed by atoms with Crippen LogP contribution in [0.2, 0.25) is 0 Å². The van der Waals surface area contributed by atoms with E-state index in [1.54, 1.807) is 0 Å². The van der Waals surface area contributed by atoms with Crippen LogP contribution in [0.25, 0.3) is 0 Å². The second-order valence-corrected chi connectivity index (χ2v) is 3.97. The number of hydrazine groups is 1.